The summed E-state index contributed by atoms with van der Waals surface area (Å²) in [6.07, 6.45) is -1.75. The molecule has 10 heteroatoms. The number of hydrogen-bond acceptors (Lipinski definition) is 6. The van der Waals surface area contributed by atoms with Gasteiger partial charge in [0, 0.05) is 25.2 Å². The highest BCUT2D eigenvalue weighted by Crippen LogP contribution is 2.34. The molecule has 0 radical (unpaired) electrons. The summed E-state index contributed by atoms with van der Waals surface area (Å²) in [6.45, 7) is 13.5. The molecule has 1 aliphatic heterocycles. The molecule has 1 aliphatic rings. The second kappa shape index (κ2) is 13.6. The van der Waals surface area contributed by atoms with Crippen molar-refractivity contribution in [2.75, 3.05) is 26.7 Å². The summed E-state index contributed by atoms with van der Waals surface area (Å²) in [4.78, 5) is 38.2. The van der Waals surface area contributed by atoms with Crippen molar-refractivity contribution in [1.29, 1.82) is 0 Å². The summed E-state index contributed by atoms with van der Waals surface area (Å²) in [5.74, 6) is -4.01. The van der Waals surface area contributed by atoms with Crippen molar-refractivity contribution in [3.8, 4) is 0 Å². The summed E-state index contributed by atoms with van der Waals surface area (Å²) >= 11 is 0. The number of guanidine groups is 1. The molecule has 0 fully saturated rings. The molecule has 0 bridgehead atoms. The van der Waals surface area contributed by atoms with Gasteiger partial charge in [-0.1, -0.05) is 52.0 Å². The lowest BCUT2D eigenvalue weighted by Gasteiger charge is -2.37. The van der Waals surface area contributed by atoms with Gasteiger partial charge in [0.25, 0.3) is 5.91 Å². The summed E-state index contributed by atoms with van der Waals surface area (Å²) in [5, 5.41) is 4.45. The van der Waals surface area contributed by atoms with Gasteiger partial charge in [-0.3, -0.25) is 24.3 Å². The van der Waals surface area contributed by atoms with Crippen molar-refractivity contribution < 1.29 is 27.6 Å². The maximum atomic E-state index is 14.1. The number of nitrogens with one attached hydrogen (secondary N) is 1. The molecule has 5 atom stereocenters. The molecule has 1 aromatic rings. The van der Waals surface area contributed by atoms with Gasteiger partial charge in [-0.2, -0.15) is 13.8 Å². The average molecular weight is 541 g/mol. The Balaban J connectivity index is 2.42. The Kier molecular flexibility index (Phi) is 11.3. The van der Waals surface area contributed by atoms with Crippen molar-refractivity contribution in [1.82, 2.24) is 15.3 Å². The first-order chi connectivity index (χ1) is 17.7. The molecule has 0 aliphatic carbocycles. The summed E-state index contributed by atoms with van der Waals surface area (Å²) in [5.41, 5.74) is 0.297. The van der Waals surface area contributed by atoms with E-state index in [4.69, 9.17) is 9.83 Å². The Morgan fingerprint density at radius 2 is 1.79 bits per heavy atom. The van der Waals surface area contributed by atoms with Crippen LogP contribution in [0.2, 0.25) is 0 Å². The quantitative estimate of drug-likeness (QED) is 0.471. The predicted octanol–water partition coefficient (Wildman–Crippen LogP) is 5.12. The highest BCUT2D eigenvalue weighted by Gasteiger charge is 2.39. The van der Waals surface area contributed by atoms with E-state index in [0.717, 1.165) is 12.0 Å². The lowest BCUT2D eigenvalue weighted by Crippen LogP contribution is -2.53. The van der Waals surface area contributed by atoms with Gasteiger partial charge in [0.05, 0.1) is 25.1 Å². The largest absolute Gasteiger partial charge is 0.347 e. The van der Waals surface area contributed by atoms with Crippen molar-refractivity contribution in [2.24, 2.45) is 22.7 Å². The summed E-state index contributed by atoms with van der Waals surface area (Å²) in [7, 11) is 1.40. The number of rotatable bonds is 9. The lowest BCUT2D eigenvalue weighted by atomic mass is 9.92. The third-order valence-electron chi connectivity index (χ3n) is 7.27. The Morgan fingerprint density at radius 1 is 1.18 bits per heavy atom. The number of hydrogen-bond donors (Lipinski definition) is 1. The van der Waals surface area contributed by atoms with Crippen LogP contribution in [0.5, 0.6) is 0 Å². The van der Waals surface area contributed by atoms with E-state index in [-0.39, 0.29) is 41.6 Å². The van der Waals surface area contributed by atoms with Crippen LogP contribution in [-0.4, -0.2) is 66.6 Å². The standard InChI is InChI=1S/C28H43F3N4O3/c1-9-25(22-10-12-23(13-11-22)28(30,31)21(7)29)33-27-32-14-18(4)15-34(19(5)20(6)36)16-24(17(2)3)26(37)35(27)38-8/h10-13,17-19,21,24-25H,9,14-16H2,1-8H3,(H,32,33). The molecule has 0 spiro atoms. The van der Waals surface area contributed by atoms with Crippen LogP contribution in [0, 0.1) is 17.8 Å². The van der Waals surface area contributed by atoms with Crippen LogP contribution in [0.25, 0.3) is 0 Å². The highest BCUT2D eigenvalue weighted by molar-refractivity contribution is 5.97. The van der Waals surface area contributed by atoms with Crippen LogP contribution in [0.15, 0.2) is 29.3 Å². The second-order valence-electron chi connectivity index (χ2n) is 10.6. The van der Waals surface area contributed by atoms with Gasteiger partial charge in [0.15, 0.2) is 6.17 Å². The molecular formula is C28H43F3N4O3. The van der Waals surface area contributed by atoms with E-state index < -0.39 is 23.6 Å². The number of hydroxylamine groups is 2. The number of alkyl halides is 3. The minimum atomic E-state index is -3.58. The smallest absolute Gasteiger partial charge is 0.303 e. The van der Waals surface area contributed by atoms with Gasteiger partial charge >= 0.3 is 5.92 Å². The zero-order chi connectivity index (χ0) is 28.8. The minimum absolute atomic E-state index is 0.0353. The van der Waals surface area contributed by atoms with Gasteiger partial charge in [-0.15, -0.1) is 0 Å². The number of halogens is 3. The van der Waals surface area contributed by atoms with Gasteiger partial charge in [-0.05, 0) is 44.6 Å². The molecule has 38 heavy (non-hydrogen) atoms. The molecule has 0 aromatic heterocycles. The lowest BCUT2D eigenvalue weighted by molar-refractivity contribution is -0.164. The molecular weight excluding hydrogens is 497 g/mol. The minimum Gasteiger partial charge on any atom is -0.347 e. The number of ketones is 1. The van der Waals surface area contributed by atoms with Gasteiger partial charge < -0.3 is 5.32 Å². The molecule has 1 N–H and O–H groups in total. The van der Waals surface area contributed by atoms with Crippen molar-refractivity contribution in [3.05, 3.63) is 35.4 Å². The van der Waals surface area contributed by atoms with E-state index in [1.807, 2.05) is 39.5 Å². The van der Waals surface area contributed by atoms with Crippen molar-refractivity contribution in [3.63, 3.8) is 0 Å². The van der Waals surface area contributed by atoms with Gasteiger partial charge in [0.1, 0.15) is 5.78 Å². The van der Waals surface area contributed by atoms with E-state index in [2.05, 4.69) is 5.32 Å². The number of aliphatic imine (C=N–C) groups is 1. The second-order valence-corrected chi connectivity index (χ2v) is 10.6. The average Bonchev–Trinajstić information content (AvgIpc) is 2.86. The predicted molar refractivity (Wildman–Crippen MR) is 142 cm³/mol. The fraction of sp³-hybridized carbons (Fsp3) is 0.679. The number of amides is 1. The molecule has 0 saturated heterocycles. The van der Waals surface area contributed by atoms with Gasteiger partial charge in [0.2, 0.25) is 5.96 Å². The van der Waals surface area contributed by atoms with Gasteiger partial charge in [-0.25, -0.2) is 4.39 Å². The molecule has 0 saturated carbocycles. The maximum absolute atomic E-state index is 14.1. The molecule has 214 valence electrons. The van der Waals surface area contributed by atoms with E-state index >= 15 is 0 Å². The molecule has 5 unspecified atom stereocenters. The third-order valence-corrected chi connectivity index (χ3v) is 7.27. The van der Waals surface area contributed by atoms with E-state index in [1.165, 1.54) is 31.4 Å². The Hall–Kier alpha value is -2.46. The number of Topliss-reactive ketones (excluding diaryl/α,β-unsaturated/α-hetero) is 1. The fourth-order valence-corrected chi connectivity index (χ4v) is 4.52. The van der Waals surface area contributed by atoms with Crippen molar-refractivity contribution >= 4 is 17.6 Å². The fourth-order valence-electron chi connectivity index (χ4n) is 4.52. The number of benzene rings is 1. The SMILES string of the molecule is CCC(NC1=NCC(C)CN(C(C)C(C)=O)CC(C(C)C)C(=O)N1OC)c1ccc(C(F)(F)C(C)F)cc1. The topological polar surface area (TPSA) is 74.2 Å². The number of carbonyl (C=O) groups is 2. The van der Waals surface area contributed by atoms with Crippen LogP contribution >= 0.6 is 0 Å². The molecule has 1 aromatic carbocycles. The Labute approximate surface area is 224 Å². The van der Waals surface area contributed by atoms with E-state index in [0.29, 0.717) is 31.6 Å². The van der Waals surface area contributed by atoms with E-state index in [1.54, 1.807) is 6.92 Å². The first-order valence-electron chi connectivity index (χ1n) is 13.3. The maximum Gasteiger partial charge on any atom is 0.303 e. The summed E-state index contributed by atoms with van der Waals surface area (Å²) < 4.78 is 41.7. The number of nitrogens with zero attached hydrogens (tertiary/aromatic N) is 3. The van der Waals surface area contributed by atoms with Crippen LogP contribution in [0.4, 0.5) is 13.2 Å². The normalized spacial score (nSPS) is 22.6. The Morgan fingerprint density at radius 3 is 2.26 bits per heavy atom. The first-order valence-corrected chi connectivity index (χ1v) is 13.3. The van der Waals surface area contributed by atoms with Crippen LogP contribution in [0.1, 0.15) is 72.1 Å². The molecule has 1 heterocycles. The van der Waals surface area contributed by atoms with Crippen LogP contribution in [0.3, 0.4) is 0 Å². The monoisotopic (exact) mass is 540 g/mol. The first kappa shape index (κ1) is 31.8. The number of carbonyl (C=O) groups excluding carboxylic acids is 2. The van der Waals surface area contributed by atoms with E-state index in [9.17, 15) is 22.8 Å². The highest BCUT2D eigenvalue weighted by atomic mass is 19.3. The van der Waals surface area contributed by atoms with Crippen LogP contribution < -0.4 is 5.32 Å². The Bertz CT molecular complexity index is 969. The molecule has 7 nitrogen and oxygen atoms in total. The van der Waals surface area contributed by atoms with Crippen LogP contribution in [-0.2, 0) is 20.3 Å². The zero-order valence-electron chi connectivity index (χ0n) is 23.8. The molecule has 2 rings (SSSR count). The summed E-state index contributed by atoms with van der Waals surface area (Å²) in [6, 6.07) is 4.83. The van der Waals surface area contributed by atoms with Crippen molar-refractivity contribution in [2.45, 2.75) is 79.1 Å². The third kappa shape index (κ3) is 7.56. The zero-order valence-corrected chi connectivity index (χ0v) is 23.8. The molecule has 1 amide bonds.